The van der Waals surface area contributed by atoms with Crippen LogP contribution in [0.1, 0.15) is 0 Å². The SMILES string of the molecule is Fc1c[nH]c2nccc(-c3cccc(Cl)c3)c12. The van der Waals surface area contributed by atoms with E-state index in [1.165, 1.54) is 6.20 Å². The van der Waals surface area contributed by atoms with Crippen LogP contribution in [0.2, 0.25) is 5.02 Å². The summed E-state index contributed by atoms with van der Waals surface area (Å²) in [4.78, 5) is 6.88. The Morgan fingerprint density at radius 3 is 2.94 bits per heavy atom. The Kier molecular flexibility index (Phi) is 2.34. The van der Waals surface area contributed by atoms with Crippen LogP contribution in [0, 0.1) is 5.82 Å². The number of aromatic amines is 1. The third-order valence-corrected chi connectivity index (χ3v) is 2.90. The summed E-state index contributed by atoms with van der Waals surface area (Å²) in [5, 5.41) is 1.12. The van der Waals surface area contributed by atoms with E-state index in [0.29, 0.717) is 16.1 Å². The van der Waals surface area contributed by atoms with Crippen molar-refractivity contribution >= 4 is 22.6 Å². The van der Waals surface area contributed by atoms with E-state index in [1.54, 1.807) is 18.3 Å². The second kappa shape index (κ2) is 3.86. The average molecular weight is 247 g/mol. The number of halogens is 2. The van der Waals surface area contributed by atoms with E-state index in [4.69, 9.17) is 11.6 Å². The van der Waals surface area contributed by atoms with Crippen molar-refractivity contribution in [3.05, 3.63) is 53.6 Å². The molecule has 0 aliphatic rings. The molecule has 0 bridgehead atoms. The highest BCUT2D eigenvalue weighted by Crippen LogP contribution is 2.30. The number of hydrogen-bond acceptors (Lipinski definition) is 1. The third-order valence-electron chi connectivity index (χ3n) is 2.66. The molecule has 0 aliphatic carbocycles. The zero-order valence-electron chi connectivity index (χ0n) is 8.74. The summed E-state index contributed by atoms with van der Waals surface area (Å²) >= 11 is 5.94. The second-order valence-corrected chi connectivity index (χ2v) is 4.17. The average Bonchev–Trinajstić information content (AvgIpc) is 2.71. The molecule has 0 saturated heterocycles. The van der Waals surface area contributed by atoms with Gasteiger partial charge in [-0.25, -0.2) is 9.37 Å². The topological polar surface area (TPSA) is 28.7 Å². The molecule has 0 radical (unpaired) electrons. The molecule has 0 aliphatic heterocycles. The van der Waals surface area contributed by atoms with E-state index < -0.39 is 0 Å². The minimum absolute atomic E-state index is 0.303. The number of rotatable bonds is 1. The predicted octanol–water partition coefficient (Wildman–Crippen LogP) is 4.02. The highest BCUT2D eigenvalue weighted by molar-refractivity contribution is 6.30. The monoisotopic (exact) mass is 246 g/mol. The number of fused-ring (bicyclic) bond motifs is 1. The van der Waals surface area contributed by atoms with Gasteiger partial charge >= 0.3 is 0 Å². The van der Waals surface area contributed by atoms with Gasteiger partial charge in [-0.15, -0.1) is 0 Å². The van der Waals surface area contributed by atoms with Crippen LogP contribution in [-0.4, -0.2) is 9.97 Å². The first-order valence-corrected chi connectivity index (χ1v) is 5.51. The molecule has 84 valence electrons. The molecule has 1 aromatic carbocycles. The number of hydrogen-bond donors (Lipinski definition) is 1. The highest BCUT2D eigenvalue weighted by atomic mass is 35.5. The lowest BCUT2D eigenvalue weighted by atomic mass is 10.0. The van der Waals surface area contributed by atoms with Crippen LogP contribution in [0.25, 0.3) is 22.2 Å². The van der Waals surface area contributed by atoms with E-state index in [9.17, 15) is 4.39 Å². The fourth-order valence-electron chi connectivity index (χ4n) is 1.91. The van der Waals surface area contributed by atoms with Gasteiger partial charge in [-0.05, 0) is 29.3 Å². The van der Waals surface area contributed by atoms with Crippen molar-refractivity contribution < 1.29 is 4.39 Å². The van der Waals surface area contributed by atoms with E-state index in [-0.39, 0.29) is 5.82 Å². The Hall–Kier alpha value is -1.87. The van der Waals surface area contributed by atoms with Crippen molar-refractivity contribution in [1.29, 1.82) is 0 Å². The molecule has 2 heterocycles. The molecule has 2 nitrogen and oxygen atoms in total. The molecule has 0 unspecified atom stereocenters. The van der Waals surface area contributed by atoms with Gasteiger partial charge < -0.3 is 4.98 Å². The Labute approximate surface area is 102 Å². The second-order valence-electron chi connectivity index (χ2n) is 3.73. The van der Waals surface area contributed by atoms with Crippen LogP contribution in [0.5, 0.6) is 0 Å². The number of nitrogens with one attached hydrogen (secondary N) is 1. The quantitative estimate of drug-likeness (QED) is 0.690. The standard InChI is InChI=1S/C13H8ClFN2/c14-9-3-1-2-8(6-9)10-4-5-16-13-12(10)11(15)7-17-13/h1-7H,(H,16,17). The molecular formula is C13H8ClFN2. The number of benzene rings is 1. The van der Waals surface area contributed by atoms with Gasteiger partial charge in [0, 0.05) is 17.4 Å². The van der Waals surface area contributed by atoms with Crippen molar-refractivity contribution in [2.24, 2.45) is 0 Å². The first kappa shape index (κ1) is 10.3. The molecule has 3 aromatic rings. The van der Waals surface area contributed by atoms with Crippen LogP contribution in [-0.2, 0) is 0 Å². The van der Waals surface area contributed by atoms with Gasteiger partial charge in [0.05, 0.1) is 5.39 Å². The minimum Gasteiger partial charge on any atom is -0.343 e. The maximum atomic E-state index is 13.7. The molecule has 0 atom stereocenters. The van der Waals surface area contributed by atoms with Gasteiger partial charge in [-0.1, -0.05) is 23.7 Å². The lowest BCUT2D eigenvalue weighted by Crippen LogP contribution is -1.83. The normalized spacial score (nSPS) is 10.9. The number of pyridine rings is 1. The van der Waals surface area contributed by atoms with Crippen LogP contribution in [0.3, 0.4) is 0 Å². The van der Waals surface area contributed by atoms with E-state index in [2.05, 4.69) is 9.97 Å². The summed E-state index contributed by atoms with van der Waals surface area (Å²) in [6.07, 6.45) is 2.96. The number of nitrogens with zero attached hydrogens (tertiary/aromatic N) is 1. The molecule has 4 heteroatoms. The summed E-state index contributed by atoms with van der Waals surface area (Å²) in [6, 6.07) is 9.12. The Bertz CT molecular complexity index is 691. The van der Waals surface area contributed by atoms with E-state index in [1.807, 2.05) is 18.2 Å². The smallest absolute Gasteiger partial charge is 0.150 e. The summed E-state index contributed by atoms with van der Waals surface area (Å²) in [5.74, 6) is -0.303. The first-order valence-electron chi connectivity index (χ1n) is 5.13. The van der Waals surface area contributed by atoms with Crippen molar-refractivity contribution in [3.63, 3.8) is 0 Å². The molecule has 0 fully saturated rings. The lowest BCUT2D eigenvalue weighted by molar-refractivity contribution is 0.639. The van der Waals surface area contributed by atoms with Gasteiger partial charge in [0.1, 0.15) is 5.65 Å². The predicted molar refractivity (Wildman–Crippen MR) is 66.5 cm³/mol. The number of aromatic nitrogens is 2. The Morgan fingerprint density at radius 1 is 1.24 bits per heavy atom. The summed E-state index contributed by atoms with van der Waals surface area (Å²) in [7, 11) is 0. The van der Waals surface area contributed by atoms with Gasteiger partial charge in [-0.3, -0.25) is 0 Å². The van der Waals surface area contributed by atoms with Crippen molar-refractivity contribution in [3.8, 4) is 11.1 Å². The van der Waals surface area contributed by atoms with Crippen LogP contribution < -0.4 is 0 Å². The Morgan fingerprint density at radius 2 is 2.12 bits per heavy atom. The summed E-state index contributed by atoms with van der Waals surface area (Å²) in [5.41, 5.74) is 2.21. The fraction of sp³-hybridized carbons (Fsp3) is 0. The maximum absolute atomic E-state index is 13.7. The Balaban J connectivity index is 2.33. The van der Waals surface area contributed by atoms with Gasteiger partial charge in [-0.2, -0.15) is 0 Å². The van der Waals surface area contributed by atoms with Gasteiger partial charge in [0.15, 0.2) is 5.82 Å². The zero-order chi connectivity index (χ0) is 11.8. The molecule has 0 spiro atoms. The van der Waals surface area contributed by atoms with Crippen LogP contribution in [0.15, 0.2) is 42.7 Å². The van der Waals surface area contributed by atoms with Gasteiger partial charge in [0.2, 0.25) is 0 Å². The molecule has 0 amide bonds. The number of H-pyrrole nitrogens is 1. The third kappa shape index (κ3) is 1.68. The first-order chi connectivity index (χ1) is 8.25. The summed E-state index contributed by atoms with van der Waals surface area (Å²) in [6.45, 7) is 0. The van der Waals surface area contributed by atoms with E-state index >= 15 is 0 Å². The molecule has 1 N–H and O–H groups in total. The maximum Gasteiger partial charge on any atom is 0.150 e. The molecule has 2 aromatic heterocycles. The van der Waals surface area contributed by atoms with E-state index in [0.717, 1.165) is 11.1 Å². The van der Waals surface area contributed by atoms with Crippen molar-refractivity contribution in [2.45, 2.75) is 0 Å². The minimum atomic E-state index is -0.303. The van der Waals surface area contributed by atoms with Crippen molar-refractivity contribution in [1.82, 2.24) is 9.97 Å². The van der Waals surface area contributed by atoms with Crippen molar-refractivity contribution in [2.75, 3.05) is 0 Å². The zero-order valence-corrected chi connectivity index (χ0v) is 9.50. The van der Waals surface area contributed by atoms with Gasteiger partial charge in [0.25, 0.3) is 0 Å². The lowest BCUT2D eigenvalue weighted by Gasteiger charge is -2.03. The molecular weight excluding hydrogens is 239 g/mol. The van der Waals surface area contributed by atoms with Crippen LogP contribution >= 0.6 is 11.6 Å². The molecule has 0 saturated carbocycles. The van der Waals surface area contributed by atoms with Crippen LogP contribution in [0.4, 0.5) is 4.39 Å². The highest BCUT2D eigenvalue weighted by Gasteiger charge is 2.10. The largest absolute Gasteiger partial charge is 0.343 e. The summed E-state index contributed by atoms with van der Waals surface area (Å²) < 4.78 is 13.7. The fourth-order valence-corrected chi connectivity index (χ4v) is 2.10. The molecule has 3 rings (SSSR count). The molecule has 17 heavy (non-hydrogen) atoms.